The molecule has 2 N–H and O–H groups in total. The molecule has 0 aliphatic rings. The molecule has 2 heterocycles. The van der Waals surface area contributed by atoms with Crippen LogP contribution >= 0.6 is 50.5 Å². The lowest BCUT2D eigenvalue weighted by Crippen LogP contribution is -2.07. The predicted molar refractivity (Wildman–Crippen MR) is 114 cm³/mol. The fourth-order valence-corrected chi connectivity index (χ4v) is 1.20. The Morgan fingerprint density at radius 3 is 1.62 bits per heavy atom. The Hall–Kier alpha value is -0.380. The Balaban J connectivity index is 0.000000377. The van der Waals surface area contributed by atoms with E-state index in [4.69, 9.17) is 10.2 Å². The molecule has 2 aromatic rings. The van der Waals surface area contributed by atoms with E-state index in [1.807, 2.05) is 36.4 Å². The van der Waals surface area contributed by atoms with Gasteiger partial charge in [0.2, 0.25) is 0 Å². The normalized spacial score (nSPS) is 11.5. The number of hydrogen-bond donors (Lipinski definition) is 6. The molecule has 134 valence electrons. The number of aliphatic hydroxyl groups excluding tert-OH is 1. The minimum Gasteiger partial charge on any atom is -0.395 e. The molecule has 8 heteroatoms. The van der Waals surface area contributed by atoms with Crippen LogP contribution in [0, 0.1) is 0 Å². The first-order chi connectivity index (χ1) is 11.3. The summed E-state index contributed by atoms with van der Waals surface area (Å²) >= 11 is 15.1. The number of aliphatic hydroxyl groups is 2. The summed E-state index contributed by atoms with van der Waals surface area (Å²) in [5.74, 6) is 0.639. The van der Waals surface area contributed by atoms with E-state index in [0.29, 0.717) is 12.2 Å². The zero-order chi connectivity index (χ0) is 18.4. The minimum absolute atomic E-state index is 0.0494. The van der Waals surface area contributed by atoms with Crippen molar-refractivity contribution in [2.75, 3.05) is 12.4 Å². The maximum absolute atomic E-state index is 8.55. The van der Waals surface area contributed by atoms with Crippen molar-refractivity contribution in [3.05, 3.63) is 48.8 Å². The smallest absolute Gasteiger partial charge is 0.151 e. The SMILES string of the molecule is CCC(O)(S)S.OCC(S)CS.c1ccc(-c2ccccn2)nc1. The van der Waals surface area contributed by atoms with Gasteiger partial charge in [-0.15, -0.1) is 25.3 Å². The van der Waals surface area contributed by atoms with Gasteiger partial charge in [-0.25, -0.2) is 0 Å². The molecule has 0 amide bonds. The van der Waals surface area contributed by atoms with Crippen LogP contribution in [-0.2, 0) is 0 Å². The van der Waals surface area contributed by atoms with Crippen LogP contribution < -0.4 is 0 Å². The molecule has 0 spiro atoms. The van der Waals surface area contributed by atoms with Crippen LogP contribution in [0.1, 0.15) is 13.3 Å². The molecule has 2 rings (SSSR count). The van der Waals surface area contributed by atoms with Crippen molar-refractivity contribution in [1.29, 1.82) is 0 Å². The van der Waals surface area contributed by atoms with Gasteiger partial charge in [0.25, 0.3) is 0 Å². The third kappa shape index (κ3) is 13.0. The van der Waals surface area contributed by atoms with E-state index in [2.05, 4.69) is 60.5 Å². The molecular weight excluding hydrogens is 380 g/mol. The summed E-state index contributed by atoms with van der Waals surface area (Å²) in [5, 5.41) is 16.8. The second-order valence-corrected chi connectivity index (χ2v) is 7.50. The topological polar surface area (TPSA) is 66.2 Å². The van der Waals surface area contributed by atoms with Crippen LogP contribution in [0.4, 0.5) is 0 Å². The van der Waals surface area contributed by atoms with Gasteiger partial charge in [0.05, 0.1) is 18.0 Å². The van der Waals surface area contributed by atoms with E-state index in [9.17, 15) is 0 Å². The first-order valence-electron chi connectivity index (χ1n) is 7.23. The lowest BCUT2D eigenvalue weighted by molar-refractivity contribution is 0.231. The van der Waals surface area contributed by atoms with Crippen LogP contribution in [0.2, 0.25) is 0 Å². The first-order valence-corrected chi connectivity index (χ1v) is 9.27. The van der Waals surface area contributed by atoms with Gasteiger partial charge in [0.15, 0.2) is 4.27 Å². The van der Waals surface area contributed by atoms with Crippen LogP contribution in [0.15, 0.2) is 48.8 Å². The monoisotopic (exact) mass is 404 g/mol. The Morgan fingerprint density at radius 2 is 1.46 bits per heavy atom. The van der Waals surface area contributed by atoms with E-state index < -0.39 is 4.27 Å². The molecule has 0 bridgehead atoms. The zero-order valence-electron chi connectivity index (χ0n) is 13.4. The van der Waals surface area contributed by atoms with Crippen molar-refractivity contribution in [2.24, 2.45) is 0 Å². The van der Waals surface area contributed by atoms with Crippen LogP contribution in [0.3, 0.4) is 0 Å². The van der Waals surface area contributed by atoms with Crippen LogP contribution in [-0.4, -0.2) is 42.1 Å². The number of rotatable bonds is 4. The summed E-state index contributed by atoms with van der Waals surface area (Å²) in [6.45, 7) is 1.92. The molecule has 0 saturated carbocycles. The maximum atomic E-state index is 8.55. The standard InChI is InChI=1S/C10H8N2.2C3H8OS2/c1-3-7-11-9(5-1)10-6-2-4-8-12-10;4-1-3(6)2-5;1-2-3(4,5)6/h1-8H;3-6H,1-2H2;4-6H,2H2,1H3. The summed E-state index contributed by atoms with van der Waals surface area (Å²) in [7, 11) is 0. The van der Waals surface area contributed by atoms with Gasteiger partial charge in [0, 0.05) is 23.4 Å². The van der Waals surface area contributed by atoms with Crippen molar-refractivity contribution in [3.8, 4) is 11.4 Å². The van der Waals surface area contributed by atoms with Gasteiger partial charge >= 0.3 is 0 Å². The average Bonchev–Trinajstić information content (AvgIpc) is 2.63. The highest BCUT2D eigenvalue weighted by Crippen LogP contribution is 2.17. The molecule has 1 atom stereocenters. The van der Waals surface area contributed by atoms with Crippen LogP contribution in [0.5, 0.6) is 0 Å². The highest BCUT2D eigenvalue weighted by Gasteiger charge is 2.08. The predicted octanol–water partition coefficient (Wildman–Crippen LogP) is 3.25. The van der Waals surface area contributed by atoms with E-state index in [1.54, 1.807) is 19.3 Å². The van der Waals surface area contributed by atoms with Crippen molar-refractivity contribution >= 4 is 50.5 Å². The van der Waals surface area contributed by atoms with Gasteiger partial charge in [0.1, 0.15) is 0 Å². The van der Waals surface area contributed by atoms with Gasteiger partial charge in [-0.05, 0) is 30.7 Å². The third-order valence-electron chi connectivity index (χ3n) is 2.49. The molecule has 0 saturated heterocycles. The second kappa shape index (κ2) is 13.9. The summed E-state index contributed by atoms with van der Waals surface area (Å²) in [4.78, 5) is 8.37. The fraction of sp³-hybridized carbons (Fsp3) is 0.375. The summed E-state index contributed by atoms with van der Waals surface area (Å²) in [6, 6.07) is 11.6. The number of hydrogen-bond acceptors (Lipinski definition) is 8. The quantitative estimate of drug-likeness (QED) is 0.350. The molecular formula is C16H24N2O2S4. The zero-order valence-corrected chi connectivity index (χ0v) is 17.0. The highest BCUT2D eigenvalue weighted by molar-refractivity contribution is 8.00. The lowest BCUT2D eigenvalue weighted by Gasteiger charge is -2.09. The van der Waals surface area contributed by atoms with Gasteiger partial charge < -0.3 is 10.2 Å². The first kappa shape index (κ1) is 23.6. The van der Waals surface area contributed by atoms with Gasteiger partial charge in [-0.3, -0.25) is 9.97 Å². The van der Waals surface area contributed by atoms with Crippen molar-refractivity contribution in [3.63, 3.8) is 0 Å². The Kier molecular flexibility index (Phi) is 13.6. The van der Waals surface area contributed by atoms with Crippen molar-refractivity contribution in [2.45, 2.75) is 22.9 Å². The van der Waals surface area contributed by atoms with Gasteiger partial charge in [-0.1, -0.05) is 19.1 Å². The highest BCUT2D eigenvalue weighted by atomic mass is 32.2. The van der Waals surface area contributed by atoms with Crippen molar-refractivity contribution in [1.82, 2.24) is 9.97 Å². The molecule has 0 radical (unpaired) electrons. The third-order valence-corrected chi connectivity index (χ3v) is 4.20. The average molecular weight is 405 g/mol. The van der Waals surface area contributed by atoms with Crippen molar-refractivity contribution < 1.29 is 10.2 Å². The number of pyridine rings is 2. The van der Waals surface area contributed by atoms with E-state index in [-0.39, 0.29) is 11.9 Å². The van der Waals surface area contributed by atoms with E-state index in [0.717, 1.165) is 11.4 Å². The molecule has 0 aromatic carbocycles. The molecule has 0 fully saturated rings. The fourth-order valence-electron chi connectivity index (χ4n) is 1.09. The minimum atomic E-state index is -1.07. The maximum Gasteiger partial charge on any atom is 0.151 e. The van der Waals surface area contributed by atoms with Gasteiger partial charge in [-0.2, -0.15) is 25.3 Å². The molecule has 0 aliphatic heterocycles. The molecule has 1 unspecified atom stereocenters. The number of aromatic nitrogens is 2. The van der Waals surface area contributed by atoms with E-state index >= 15 is 0 Å². The Labute approximate surface area is 165 Å². The van der Waals surface area contributed by atoms with Crippen LogP contribution in [0.25, 0.3) is 11.4 Å². The molecule has 24 heavy (non-hydrogen) atoms. The lowest BCUT2D eigenvalue weighted by atomic mass is 10.2. The number of nitrogens with zero attached hydrogens (tertiary/aromatic N) is 2. The summed E-state index contributed by atoms with van der Waals surface area (Å²) in [5.41, 5.74) is 1.83. The number of thiol groups is 4. The summed E-state index contributed by atoms with van der Waals surface area (Å²) in [6.07, 6.45) is 4.09. The molecule has 0 aliphatic carbocycles. The molecule has 2 aromatic heterocycles. The van der Waals surface area contributed by atoms with E-state index in [1.165, 1.54) is 0 Å². The summed E-state index contributed by atoms with van der Waals surface area (Å²) < 4.78 is -1.07. The second-order valence-electron chi connectivity index (χ2n) is 4.58. The Morgan fingerprint density at radius 1 is 1.04 bits per heavy atom. The molecule has 4 nitrogen and oxygen atoms in total. The largest absolute Gasteiger partial charge is 0.395 e. The Bertz CT molecular complexity index is 483.